The van der Waals surface area contributed by atoms with Gasteiger partial charge < -0.3 is 10.4 Å². The van der Waals surface area contributed by atoms with Crippen molar-refractivity contribution in [3.63, 3.8) is 0 Å². The fourth-order valence-electron chi connectivity index (χ4n) is 1.60. The van der Waals surface area contributed by atoms with Gasteiger partial charge in [-0.25, -0.2) is 4.39 Å². The molecule has 3 heteroatoms. The van der Waals surface area contributed by atoms with E-state index in [4.69, 9.17) is 0 Å². The van der Waals surface area contributed by atoms with Crippen LogP contribution in [0.15, 0.2) is 24.3 Å². The Balaban J connectivity index is 2.60. The molecule has 2 N–H and O–H groups in total. The Bertz CT molecular complexity index is 369. The highest BCUT2D eigenvalue weighted by molar-refractivity contribution is 5.18. The second-order valence-electron chi connectivity index (χ2n) is 5.91. The van der Waals surface area contributed by atoms with Gasteiger partial charge in [-0.2, -0.15) is 0 Å². The summed E-state index contributed by atoms with van der Waals surface area (Å²) in [5.41, 5.74) is -0.0989. The molecule has 96 valence electrons. The highest BCUT2D eigenvalue weighted by Gasteiger charge is 2.23. The van der Waals surface area contributed by atoms with Crippen molar-refractivity contribution < 1.29 is 9.50 Å². The Kier molecular flexibility index (Phi) is 4.28. The zero-order chi connectivity index (χ0) is 13.1. The molecule has 1 aromatic rings. The van der Waals surface area contributed by atoms with E-state index >= 15 is 0 Å². The molecule has 1 unspecified atom stereocenters. The molecular formula is C14H22FNO. The maximum atomic E-state index is 13.0. The van der Waals surface area contributed by atoms with Gasteiger partial charge in [-0.05, 0) is 45.4 Å². The van der Waals surface area contributed by atoms with E-state index in [2.05, 4.69) is 5.32 Å². The van der Waals surface area contributed by atoms with Crippen LogP contribution in [0.4, 0.5) is 4.39 Å². The van der Waals surface area contributed by atoms with Crippen LogP contribution in [0, 0.1) is 5.82 Å². The molecule has 1 rings (SSSR count). The van der Waals surface area contributed by atoms with E-state index in [1.807, 2.05) is 26.8 Å². The first-order chi connectivity index (χ1) is 7.68. The zero-order valence-corrected chi connectivity index (χ0v) is 11.0. The third kappa shape index (κ3) is 5.80. The quantitative estimate of drug-likeness (QED) is 0.846. The molecule has 0 aliphatic heterocycles. The lowest BCUT2D eigenvalue weighted by molar-refractivity contribution is 0.0534. The molecule has 0 bridgehead atoms. The molecule has 0 radical (unpaired) electrons. The van der Waals surface area contributed by atoms with E-state index in [0.29, 0.717) is 13.0 Å². The highest BCUT2D eigenvalue weighted by atomic mass is 19.1. The molecule has 0 saturated carbocycles. The largest absolute Gasteiger partial charge is 0.389 e. The lowest BCUT2D eigenvalue weighted by Gasteiger charge is -2.29. The normalized spacial score (nSPS) is 15.6. The maximum Gasteiger partial charge on any atom is 0.123 e. The molecule has 0 heterocycles. The minimum Gasteiger partial charge on any atom is -0.389 e. The summed E-state index contributed by atoms with van der Waals surface area (Å²) in [6.07, 6.45) is 0.438. The first-order valence-electron chi connectivity index (χ1n) is 5.90. The summed E-state index contributed by atoms with van der Waals surface area (Å²) in [5, 5.41) is 13.5. The summed E-state index contributed by atoms with van der Waals surface area (Å²) in [5.74, 6) is -0.262. The number of benzene rings is 1. The number of rotatable bonds is 4. The zero-order valence-electron chi connectivity index (χ0n) is 11.0. The topological polar surface area (TPSA) is 32.3 Å². The van der Waals surface area contributed by atoms with Gasteiger partial charge in [0.25, 0.3) is 0 Å². The first-order valence-corrected chi connectivity index (χ1v) is 5.90. The minimum absolute atomic E-state index is 0.0358. The number of β-amino-alcohol motifs (C(OH)–C–C–N with tert-alkyl or cyclic N) is 1. The second-order valence-corrected chi connectivity index (χ2v) is 5.91. The monoisotopic (exact) mass is 239 g/mol. The molecule has 1 aromatic carbocycles. The van der Waals surface area contributed by atoms with Crippen LogP contribution in [0.5, 0.6) is 0 Å². The predicted octanol–water partition coefficient (Wildman–Crippen LogP) is 2.51. The number of nitrogens with one attached hydrogen (secondary N) is 1. The van der Waals surface area contributed by atoms with Gasteiger partial charge in [0.2, 0.25) is 0 Å². The number of halogens is 1. The van der Waals surface area contributed by atoms with Gasteiger partial charge in [-0.3, -0.25) is 0 Å². The molecule has 0 aromatic heterocycles. The van der Waals surface area contributed by atoms with Gasteiger partial charge in [0.15, 0.2) is 0 Å². The van der Waals surface area contributed by atoms with Gasteiger partial charge in [0.1, 0.15) is 5.82 Å². The second kappa shape index (κ2) is 5.15. The van der Waals surface area contributed by atoms with Crippen molar-refractivity contribution in [3.8, 4) is 0 Å². The summed E-state index contributed by atoms with van der Waals surface area (Å²) in [4.78, 5) is 0. The van der Waals surface area contributed by atoms with E-state index in [0.717, 1.165) is 5.56 Å². The van der Waals surface area contributed by atoms with Crippen LogP contribution in [0.3, 0.4) is 0 Å². The predicted molar refractivity (Wildman–Crippen MR) is 68.5 cm³/mol. The maximum absolute atomic E-state index is 13.0. The first kappa shape index (κ1) is 14.1. The van der Waals surface area contributed by atoms with Crippen molar-refractivity contribution >= 4 is 0 Å². The Morgan fingerprint density at radius 2 is 1.88 bits per heavy atom. The number of hydrogen-bond donors (Lipinski definition) is 2. The van der Waals surface area contributed by atoms with Crippen LogP contribution in [-0.2, 0) is 6.42 Å². The van der Waals surface area contributed by atoms with Crippen molar-refractivity contribution in [3.05, 3.63) is 35.6 Å². The molecule has 0 fully saturated rings. The summed E-state index contributed by atoms with van der Waals surface area (Å²) in [7, 11) is 0. The van der Waals surface area contributed by atoms with Gasteiger partial charge in [0.05, 0.1) is 5.60 Å². The van der Waals surface area contributed by atoms with Gasteiger partial charge >= 0.3 is 0 Å². The van der Waals surface area contributed by atoms with Crippen LogP contribution in [0.2, 0.25) is 0 Å². The average molecular weight is 239 g/mol. The molecular weight excluding hydrogens is 217 g/mol. The van der Waals surface area contributed by atoms with Crippen LogP contribution in [0.25, 0.3) is 0 Å². The lowest BCUT2D eigenvalue weighted by atomic mass is 9.95. The van der Waals surface area contributed by atoms with Crippen LogP contribution >= 0.6 is 0 Å². The fraction of sp³-hybridized carbons (Fsp3) is 0.571. The molecule has 2 nitrogen and oxygen atoms in total. The third-order valence-corrected chi connectivity index (χ3v) is 2.47. The van der Waals surface area contributed by atoms with Crippen LogP contribution < -0.4 is 5.32 Å². The number of hydrogen-bond acceptors (Lipinski definition) is 2. The average Bonchev–Trinajstić information content (AvgIpc) is 2.13. The van der Waals surface area contributed by atoms with E-state index in [-0.39, 0.29) is 11.4 Å². The molecule has 17 heavy (non-hydrogen) atoms. The van der Waals surface area contributed by atoms with Gasteiger partial charge in [0, 0.05) is 18.5 Å². The third-order valence-electron chi connectivity index (χ3n) is 2.47. The Hall–Kier alpha value is -0.930. The van der Waals surface area contributed by atoms with E-state index in [9.17, 15) is 9.50 Å². The molecule has 0 aliphatic rings. The van der Waals surface area contributed by atoms with Gasteiger partial charge in [-0.15, -0.1) is 0 Å². The Labute approximate surface area is 103 Å². The van der Waals surface area contributed by atoms with E-state index in [1.54, 1.807) is 13.0 Å². The van der Waals surface area contributed by atoms with E-state index in [1.165, 1.54) is 12.1 Å². The van der Waals surface area contributed by atoms with Crippen molar-refractivity contribution in [2.24, 2.45) is 0 Å². The molecule has 0 saturated heterocycles. The lowest BCUT2D eigenvalue weighted by Crippen LogP contribution is -2.47. The molecule has 0 amide bonds. The van der Waals surface area contributed by atoms with Crippen molar-refractivity contribution in [1.29, 1.82) is 0 Å². The highest BCUT2D eigenvalue weighted by Crippen LogP contribution is 2.14. The molecule has 0 aliphatic carbocycles. The number of aliphatic hydroxyl groups is 1. The van der Waals surface area contributed by atoms with Crippen molar-refractivity contribution in [1.82, 2.24) is 5.32 Å². The smallest absolute Gasteiger partial charge is 0.123 e. The summed E-state index contributed by atoms with van der Waals surface area (Å²) in [6, 6.07) is 6.36. The van der Waals surface area contributed by atoms with Crippen LogP contribution in [-0.4, -0.2) is 22.8 Å². The summed E-state index contributed by atoms with van der Waals surface area (Å²) >= 11 is 0. The van der Waals surface area contributed by atoms with E-state index < -0.39 is 5.60 Å². The molecule has 1 atom stereocenters. The SMILES string of the molecule is CC(O)(CNC(C)(C)C)Cc1cccc(F)c1. The fourth-order valence-corrected chi connectivity index (χ4v) is 1.60. The minimum atomic E-state index is -0.874. The molecule has 0 spiro atoms. The Morgan fingerprint density at radius 3 is 2.41 bits per heavy atom. The van der Waals surface area contributed by atoms with Crippen LogP contribution in [0.1, 0.15) is 33.3 Å². The van der Waals surface area contributed by atoms with Crippen molar-refractivity contribution in [2.45, 2.75) is 45.3 Å². The van der Waals surface area contributed by atoms with Crippen molar-refractivity contribution in [2.75, 3.05) is 6.54 Å². The summed E-state index contributed by atoms with van der Waals surface area (Å²) in [6.45, 7) is 8.38. The standard InChI is InChI=1S/C14H22FNO/c1-13(2,3)16-10-14(4,17)9-11-6-5-7-12(15)8-11/h5-8,16-17H,9-10H2,1-4H3. The Morgan fingerprint density at radius 1 is 1.24 bits per heavy atom. The van der Waals surface area contributed by atoms with Gasteiger partial charge in [-0.1, -0.05) is 12.1 Å². The summed E-state index contributed by atoms with van der Waals surface area (Å²) < 4.78 is 13.0.